The average molecular weight is 342 g/mol. The highest BCUT2D eigenvalue weighted by Gasteiger charge is 2.15. The van der Waals surface area contributed by atoms with Crippen LogP contribution in [0.5, 0.6) is 0 Å². The van der Waals surface area contributed by atoms with Crippen molar-refractivity contribution < 1.29 is 14.9 Å². The molecule has 2 rings (SSSR count). The molecule has 0 radical (unpaired) electrons. The molecular weight excluding hydrogens is 329 g/mol. The first kappa shape index (κ1) is 17.7. The van der Waals surface area contributed by atoms with Crippen molar-refractivity contribution in [2.75, 3.05) is 11.5 Å². The van der Waals surface area contributed by atoms with E-state index in [1.54, 1.807) is 25.1 Å². The molecule has 0 amide bonds. The van der Waals surface area contributed by atoms with Crippen LogP contribution in [-0.4, -0.2) is 16.2 Å². The number of carboxylic acid groups (broad SMARTS) is 1. The number of hydrogen-bond acceptors (Lipinski definition) is 6. The average Bonchev–Trinajstić information content (AvgIpc) is 2.43. The topological polar surface area (TPSA) is 132 Å². The van der Waals surface area contributed by atoms with Crippen molar-refractivity contribution in [3.05, 3.63) is 40.4 Å². The number of nitrogen functional groups attached to an aromatic ring is 2. The fraction of sp³-hybridized carbons (Fsp3) is 0.0769. The summed E-state index contributed by atoms with van der Waals surface area (Å²) in [4.78, 5) is 12.1. The molecule has 0 fully saturated rings. The molecule has 0 aliphatic heterocycles. The lowest BCUT2D eigenvalue weighted by Gasteiger charge is -2.04. The summed E-state index contributed by atoms with van der Waals surface area (Å²) in [5.74, 6) is -0.714. The Hall–Kier alpha value is -2.38. The molecule has 0 atom stereocenters. The molecular formula is C13H13Cl2N5O2. The van der Waals surface area contributed by atoms with Crippen LogP contribution >= 0.6 is 23.2 Å². The molecule has 0 bridgehead atoms. The second-order valence-electron chi connectivity index (χ2n) is 3.89. The number of nitrogens with one attached hydrogen (secondary N) is 1. The number of aromatic nitrogens is 3. The number of aromatic amines is 1. The van der Waals surface area contributed by atoms with Crippen LogP contribution in [-0.2, 0) is 4.79 Å². The van der Waals surface area contributed by atoms with Gasteiger partial charge >= 0.3 is 5.95 Å². The number of carboxylic acids is 1. The molecule has 0 spiro atoms. The summed E-state index contributed by atoms with van der Waals surface area (Å²) in [6, 6.07) is 5.18. The Labute approximate surface area is 136 Å². The van der Waals surface area contributed by atoms with E-state index in [1.165, 1.54) is 6.08 Å². The largest absolute Gasteiger partial charge is 0.545 e. The number of halogens is 2. The van der Waals surface area contributed by atoms with Crippen molar-refractivity contribution in [3.8, 4) is 11.3 Å². The first-order valence-corrected chi connectivity index (χ1v) is 6.71. The molecule has 0 aliphatic rings. The minimum absolute atomic E-state index is 0.138. The quantitative estimate of drug-likeness (QED) is 0.774. The predicted molar refractivity (Wildman–Crippen MR) is 82.7 cm³/mol. The highest BCUT2D eigenvalue weighted by molar-refractivity contribution is 6.43. The zero-order valence-corrected chi connectivity index (χ0v) is 13.0. The smallest absolute Gasteiger partial charge is 0.364 e. The van der Waals surface area contributed by atoms with Gasteiger partial charge in [0.05, 0.1) is 16.0 Å². The van der Waals surface area contributed by atoms with Crippen molar-refractivity contribution in [1.82, 2.24) is 10.2 Å². The molecule has 0 saturated carbocycles. The maximum absolute atomic E-state index is 9.40. The lowest BCUT2D eigenvalue weighted by atomic mass is 10.1. The Bertz CT molecular complexity index is 707. The zero-order chi connectivity index (χ0) is 16.7. The number of nitrogens with two attached hydrogens (primary N) is 2. The number of carbonyl (C=O) groups excluding carboxylic acids is 1. The van der Waals surface area contributed by atoms with E-state index in [4.69, 9.17) is 34.7 Å². The number of hydrogen-bond donors (Lipinski definition) is 2. The SMILES string of the molecule is C/C=C/C(=O)[O-].Nc1nnc(-c2cccc(Cl)c2Cl)c(N)[nH+]1. The first-order chi connectivity index (χ1) is 10.4. The normalized spacial score (nSPS) is 10.1. The van der Waals surface area contributed by atoms with E-state index in [9.17, 15) is 9.90 Å². The minimum atomic E-state index is -1.14. The maximum atomic E-state index is 9.40. The Balaban J connectivity index is 0.000000346. The van der Waals surface area contributed by atoms with Crippen LogP contribution < -0.4 is 21.6 Å². The summed E-state index contributed by atoms with van der Waals surface area (Å²) in [5, 5.41) is 17.8. The van der Waals surface area contributed by atoms with Gasteiger partial charge in [-0.2, -0.15) is 0 Å². The first-order valence-electron chi connectivity index (χ1n) is 5.95. The van der Waals surface area contributed by atoms with Gasteiger partial charge in [0, 0.05) is 10.7 Å². The lowest BCUT2D eigenvalue weighted by molar-refractivity contribution is -0.347. The third-order valence-electron chi connectivity index (χ3n) is 2.29. The van der Waals surface area contributed by atoms with Crippen LogP contribution in [0.2, 0.25) is 10.0 Å². The molecule has 0 unspecified atom stereocenters. The van der Waals surface area contributed by atoms with Crippen LogP contribution in [0.25, 0.3) is 11.3 Å². The molecule has 0 saturated heterocycles. The number of nitrogens with zero attached hydrogens (tertiary/aromatic N) is 2. The second kappa shape index (κ2) is 8.16. The summed E-state index contributed by atoms with van der Waals surface area (Å²) in [6.45, 7) is 1.62. The van der Waals surface area contributed by atoms with Crippen LogP contribution in [0.4, 0.5) is 11.8 Å². The summed E-state index contributed by atoms with van der Waals surface area (Å²) < 4.78 is 0. The van der Waals surface area contributed by atoms with E-state index in [-0.39, 0.29) is 11.8 Å². The summed E-state index contributed by atoms with van der Waals surface area (Å²) in [5.41, 5.74) is 12.2. The summed E-state index contributed by atoms with van der Waals surface area (Å²) >= 11 is 11.9. The molecule has 0 aliphatic carbocycles. The van der Waals surface area contributed by atoms with Gasteiger partial charge in [-0.25, -0.2) is 4.98 Å². The molecule has 9 heteroatoms. The fourth-order valence-electron chi connectivity index (χ4n) is 1.40. The molecule has 1 heterocycles. The van der Waals surface area contributed by atoms with E-state index >= 15 is 0 Å². The van der Waals surface area contributed by atoms with Crippen LogP contribution in [0, 0.1) is 0 Å². The minimum Gasteiger partial charge on any atom is -0.545 e. The summed E-state index contributed by atoms with van der Waals surface area (Å²) in [7, 11) is 0. The molecule has 2 aromatic rings. The van der Waals surface area contributed by atoms with Gasteiger partial charge in [0.2, 0.25) is 5.82 Å². The Morgan fingerprint density at radius 1 is 1.32 bits per heavy atom. The van der Waals surface area contributed by atoms with Gasteiger partial charge in [0.25, 0.3) is 0 Å². The second-order valence-corrected chi connectivity index (χ2v) is 4.68. The van der Waals surface area contributed by atoms with Gasteiger partial charge in [0.1, 0.15) is 0 Å². The summed E-state index contributed by atoms with van der Waals surface area (Å²) in [6.07, 6.45) is 2.38. The van der Waals surface area contributed by atoms with Crippen molar-refractivity contribution in [2.45, 2.75) is 6.92 Å². The van der Waals surface area contributed by atoms with Crippen molar-refractivity contribution in [2.24, 2.45) is 0 Å². The van der Waals surface area contributed by atoms with Gasteiger partial charge in [-0.1, -0.05) is 46.5 Å². The fourth-order valence-corrected chi connectivity index (χ4v) is 1.79. The number of H-pyrrole nitrogens is 1. The van der Waals surface area contributed by atoms with Crippen molar-refractivity contribution in [3.63, 3.8) is 0 Å². The van der Waals surface area contributed by atoms with E-state index in [0.717, 1.165) is 6.08 Å². The van der Waals surface area contributed by atoms with E-state index in [1.807, 2.05) is 0 Å². The molecule has 7 nitrogen and oxygen atoms in total. The van der Waals surface area contributed by atoms with Gasteiger partial charge in [-0.3, -0.25) is 0 Å². The van der Waals surface area contributed by atoms with Gasteiger partial charge in [-0.05, 0) is 19.1 Å². The number of rotatable bonds is 2. The highest BCUT2D eigenvalue weighted by atomic mass is 35.5. The van der Waals surface area contributed by atoms with E-state index < -0.39 is 5.97 Å². The predicted octanol–water partition coefficient (Wildman–Crippen LogP) is 0.741. The Morgan fingerprint density at radius 2 is 2.00 bits per heavy atom. The number of benzene rings is 1. The standard InChI is InChI=1S/C9H7Cl2N5.C4H6O2/c10-5-3-1-2-4(6(5)11)7-8(12)14-9(13)16-15-7;1-2-3-4(5)6/h1-3H,(H4,12,13,14,16);2-3H,1H3,(H,5,6)/b;3-2+. The molecule has 1 aromatic carbocycles. The Kier molecular flexibility index (Phi) is 6.55. The van der Waals surface area contributed by atoms with Gasteiger partial charge in [-0.15, -0.1) is 0 Å². The van der Waals surface area contributed by atoms with Gasteiger partial charge in [0.15, 0.2) is 5.69 Å². The highest BCUT2D eigenvalue weighted by Crippen LogP contribution is 2.33. The number of carbonyl (C=O) groups is 1. The van der Waals surface area contributed by atoms with E-state index in [0.29, 0.717) is 21.3 Å². The monoisotopic (exact) mass is 341 g/mol. The van der Waals surface area contributed by atoms with Crippen LogP contribution in [0.1, 0.15) is 6.92 Å². The van der Waals surface area contributed by atoms with Gasteiger partial charge < -0.3 is 21.4 Å². The Morgan fingerprint density at radius 3 is 2.50 bits per heavy atom. The van der Waals surface area contributed by atoms with Crippen LogP contribution in [0.3, 0.4) is 0 Å². The number of aliphatic carboxylic acids is 1. The molecule has 22 heavy (non-hydrogen) atoms. The maximum Gasteiger partial charge on any atom is 0.364 e. The zero-order valence-electron chi connectivity index (χ0n) is 11.5. The molecule has 116 valence electrons. The third-order valence-corrected chi connectivity index (χ3v) is 3.10. The molecule has 5 N–H and O–H groups in total. The van der Waals surface area contributed by atoms with Crippen LogP contribution in [0.15, 0.2) is 30.4 Å². The lowest BCUT2D eigenvalue weighted by Crippen LogP contribution is -2.20. The third kappa shape index (κ3) is 4.87. The number of allylic oxidation sites excluding steroid dienone is 1. The number of anilines is 2. The van der Waals surface area contributed by atoms with Crippen molar-refractivity contribution in [1.29, 1.82) is 0 Å². The van der Waals surface area contributed by atoms with Crippen molar-refractivity contribution >= 4 is 40.9 Å². The van der Waals surface area contributed by atoms with E-state index in [2.05, 4.69) is 15.2 Å². The molecule has 1 aromatic heterocycles.